The topological polar surface area (TPSA) is 592 Å². The Hall–Kier alpha value is -2.87. The number of carbonyl (C=O) groups is 3. The second-order valence-corrected chi connectivity index (χ2v) is 21.8. The number of nitrogens with one attached hydrogen (secondary N) is 3. The van der Waals surface area contributed by atoms with Crippen LogP contribution >= 0.6 is 0 Å². The highest BCUT2D eigenvalue weighted by Crippen LogP contribution is 2.37. The molecule has 38 nitrogen and oxygen atoms in total. The molecule has 7 fully saturated rings. The third-order valence-corrected chi connectivity index (χ3v) is 15.7. The summed E-state index contributed by atoms with van der Waals surface area (Å²) in [5.74, 6) is -2.46. The predicted octanol–water partition coefficient (Wildman–Crippen LogP) is -14.8. The Kier molecular flexibility index (Phi) is 25.0. The molecule has 7 rings (SSSR count). The van der Waals surface area contributed by atoms with Crippen LogP contribution in [0.5, 0.6) is 0 Å². The summed E-state index contributed by atoms with van der Waals surface area (Å²) >= 11 is 0. The van der Waals surface area contributed by atoms with Crippen LogP contribution in [0.3, 0.4) is 0 Å². The molecular formula is C48H81N3O35. The largest absolute Gasteiger partial charge is 0.394 e. The van der Waals surface area contributed by atoms with E-state index in [4.69, 9.17) is 61.6 Å². The van der Waals surface area contributed by atoms with Gasteiger partial charge in [-0.2, -0.15) is 0 Å². The summed E-state index contributed by atoms with van der Waals surface area (Å²) in [5.41, 5.74) is 0. The van der Waals surface area contributed by atoms with E-state index in [1.165, 1.54) is 6.92 Å². The molecule has 7 aliphatic heterocycles. The molecule has 0 aromatic carbocycles. The van der Waals surface area contributed by atoms with Gasteiger partial charge in [0.25, 0.3) is 0 Å². The minimum atomic E-state index is -2.34. The van der Waals surface area contributed by atoms with Crippen LogP contribution in [-0.2, 0) is 76.0 Å². The SMILES string of the molecule is CC(=O)N[C@@H]1[C@@H](O)[C@H](O[C@@H]2O[C@H](CO)[C@@H](O[C@@H]3O[C@H](CO[C@H]4O[C@H](CO)[C@@H](O)[C@H](O)[C@@H]4O[C@@H]4O[C@H](CO)[C@@H](O)[C@H](O)[C@H]4NC(C)=O)[C@@H](O)[C@H](O[C@H]4O[C@H](CO)[C@@H](O)[C@H](O)[C@@H]4O)[C@@H]3O)[C@H](O)[C@H]2NC(C)=O)[C@@H](CO[C@H]2O[C@H](C)[C@H](O)[C@H](O)[C@H]2O)O[C@H]1O. The van der Waals surface area contributed by atoms with Crippen molar-refractivity contribution in [2.45, 2.75) is 242 Å². The van der Waals surface area contributed by atoms with Crippen molar-refractivity contribution < 1.29 is 173 Å². The number of amides is 3. The number of aliphatic hydroxyl groups is 19. The summed E-state index contributed by atoms with van der Waals surface area (Å²) in [6.07, 6.45) is -61.1. The second kappa shape index (κ2) is 30.5. The number of ether oxygens (including phenoxy) is 13. The summed E-state index contributed by atoms with van der Waals surface area (Å²) in [7, 11) is 0. The lowest BCUT2D eigenvalue weighted by Gasteiger charge is -2.50. The van der Waals surface area contributed by atoms with E-state index in [2.05, 4.69) is 16.0 Å². The van der Waals surface area contributed by atoms with Crippen LogP contribution in [0, 0.1) is 0 Å². The highest BCUT2D eigenvalue weighted by molar-refractivity contribution is 5.74. The molecule has 38 heteroatoms. The quantitative estimate of drug-likeness (QED) is 0.0507. The molecule has 7 saturated heterocycles. The van der Waals surface area contributed by atoms with Crippen LogP contribution in [0.25, 0.3) is 0 Å². The van der Waals surface area contributed by atoms with Gasteiger partial charge in [0.15, 0.2) is 44.0 Å². The highest BCUT2D eigenvalue weighted by atomic mass is 16.8. The Labute approximate surface area is 488 Å². The zero-order valence-corrected chi connectivity index (χ0v) is 46.5. The molecule has 0 bridgehead atoms. The molecule has 35 atom stereocenters. The number of carbonyl (C=O) groups excluding carboxylic acids is 3. The molecule has 0 spiro atoms. The fourth-order valence-corrected chi connectivity index (χ4v) is 10.9. The number of hydrogen-bond donors (Lipinski definition) is 22. The number of hydrogen-bond acceptors (Lipinski definition) is 35. The zero-order valence-electron chi connectivity index (χ0n) is 46.5. The lowest BCUT2D eigenvalue weighted by Crippen LogP contribution is -2.70. The van der Waals surface area contributed by atoms with Gasteiger partial charge in [-0.25, -0.2) is 0 Å². The van der Waals surface area contributed by atoms with Gasteiger partial charge in [0.05, 0.1) is 45.7 Å². The lowest BCUT2D eigenvalue weighted by atomic mass is 9.93. The maximum absolute atomic E-state index is 12.9. The summed E-state index contributed by atoms with van der Waals surface area (Å²) in [6.45, 7) is -1.39. The fraction of sp³-hybridized carbons (Fsp3) is 0.938. The molecule has 86 heavy (non-hydrogen) atoms. The molecule has 0 unspecified atom stereocenters. The minimum Gasteiger partial charge on any atom is -0.394 e. The van der Waals surface area contributed by atoms with Crippen molar-refractivity contribution in [2.24, 2.45) is 0 Å². The maximum atomic E-state index is 12.9. The molecule has 0 saturated carbocycles. The second-order valence-electron chi connectivity index (χ2n) is 21.8. The van der Waals surface area contributed by atoms with Crippen LogP contribution in [0.4, 0.5) is 0 Å². The minimum absolute atomic E-state index is 0.766. The van der Waals surface area contributed by atoms with E-state index in [-0.39, 0.29) is 0 Å². The zero-order chi connectivity index (χ0) is 63.5. The van der Waals surface area contributed by atoms with E-state index in [9.17, 15) is 111 Å². The van der Waals surface area contributed by atoms with Gasteiger partial charge in [0.2, 0.25) is 17.7 Å². The third-order valence-electron chi connectivity index (χ3n) is 15.7. The van der Waals surface area contributed by atoms with Gasteiger partial charge in [-0.05, 0) is 6.92 Å². The van der Waals surface area contributed by atoms with E-state index in [0.717, 1.165) is 20.8 Å². The van der Waals surface area contributed by atoms with E-state index >= 15 is 0 Å². The average Bonchev–Trinajstić information content (AvgIpc) is 1.32. The predicted molar refractivity (Wildman–Crippen MR) is 265 cm³/mol. The number of rotatable bonds is 21. The van der Waals surface area contributed by atoms with Crippen molar-refractivity contribution in [3.05, 3.63) is 0 Å². The van der Waals surface area contributed by atoms with Crippen LogP contribution in [0.15, 0.2) is 0 Å². The first-order valence-electron chi connectivity index (χ1n) is 27.5. The molecule has 0 aromatic heterocycles. The van der Waals surface area contributed by atoms with Crippen molar-refractivity contribution >= 4 is 17.7 Å². The summed E-state index contributed by atoms with van der Waals surface area (Å²) < 4.78 is 75.7. The van der Waals surface area contributed by atoms with Crippen molar-refractivity contribution in [3.8, 4) is 0 Å². The first-order chi connectivity index (χ1) is 40.6. The summed E-state index contributed by atoms with van der Waals surface area (Å²) in [6, 6.07) is -5.16. The standard InChI is InChI=1S/C48H81N3O35/c1-11-24(59)32(67)35(70)45(76-11)74-10-20-39(30(65)21(42(73)77-20)49-12(2)56)83-44-23(51-14(4)58)31(66)38(18(8-55)81-44)84-47-37(72)40(85-46-36(71)33(68)26(61)16(6-53)79-46)28(63)19(82-47)9-75-48-41(34(69)27(62)17(7-54)80-48)86-43-22(50-13(3)57)29(64)25(60)15(5-52)78-43/h11,15-48,52-55,59-73H,5-10H2,1-4H3,(H,49,56)(H,50,57)(H,51,58)/t11-,15-,16-,17-,18-,19-,20-,21-,22-,23-,24+,25-,26-,27-,28-,29-,30-,31-,32+,33+,34+,35-,36+,37+,38-,39-,40+,41+,42-,43+,44+,45+,46-,47+,48+/m1/s1. The van der Waals surface area contributed by atoms with Crippen LogP contribution in [0.1, 0.15) is 27.7 Å². The van der Waals surface area contributed by atoms with Crippen molar-refractivity contribution in [2.75, 3.05) is 39.6 Å². The monoisotopic (exact) mass is 1260 g/mol. The molecule has 22 N–H and O–H groups in total. The Morgan fingerprint density at radius 3 is 1.28 bits per heavy atom. The first-order valence-corrected chi connectivity index (χ1v) is 27.5. The molecular weight excluding hydrogens is 1180 g/mol. The van der Waals surface area contributed by atoms with Crippen molar-refractivity contribution in [1.82, 2.24) is 16.0 Å². The van der Waals surface area contributed by atoms with Gasteiger partial charge in [-0.3, -0.25) is 14.4 Å². The van der Waals surface area contributed by atoms with E-state index < -0.39 is 272 Å². The average molecular weight is 1260 g/mol. The Bertz CT molecular complexity index is 2170. The van der Waals surface area contributed by atoms with Crippen LogP contribution < -0.4 is 16.0 Å². The van der Waals surface area contributed by atoms with Crippen molar-refractivity contribution in [3.63, 3.8) is 0 Å². The molecule has 0 radical (unpaired) electrons. The number of aliphatic hydroxyl groups excluding tert-OH is 19. The third kappa shape index (κ3) is 15.5. The van der Waals surface area contributed by atoms with Crippen LogP contribution in [-0.4, -0.2) is 369 Å². The van der Waals surface area contributed by atoms with E-state index in [0.29, 0.717) is 0 Å². The molecule has 3 amide bonds. The van der Waals surface area contributed by atoms with Gasteiger partial charge in [0, 0.05) is 20.8 Å². The van der Waals surface area contributed by atoms with Gasteiger partial charge in [0.1, 0.15) is 165 Å². The lowest BCUT2D eigenvalue weighted by molar-refractivity contribution is -0.387. The van der Waals surface area contributed by atoms with Gasteiger partial charge in [-0.1, -0.05) is 0 Å². The summed E-state index contributed by atoms with van der Waals surface area (Å²) in [4.78, 5) is 37.3. The fourth-order valence-electron chi connectivity index (χ4n) is 10.9. The Balaban J connectivity index is 1.17. The smallest absolute Gasteiger partial charge is 0.217 e. The normalized spacial score (nSPS) is 49.4. The van der Waals surface area contributed by atoms with Crippen molar-refractivity contribution in [1.29, 1.82) is 0 Å². The Morgan fingerprint density at radius 2 is 0.709 bits per heavy atom. The van der Waals surface area contributed by atoms with Gasteiger partial charge < -0.3 is 175 Å². The van der Waals surface area contributed by atoms with Gasteiger partial charge in [-0.15, -0.1) is 0 Å². The first kappa shape index (κ1) is 70.6. The molecule has 498 valence electrons. The van der Waals surface area contributed by atoms with Gasteiger partial charge >= 0.3 is 0 Å². The van der Waals surface area contributed by atoms with E-state index in [1.54, 1.807) is 0 Å². The van der Waals surface area contributed by atoms with E-state index in [1.807, 2.05) is 0 Å². The molecule has 7 heterocycles. The highest BCUT2D eigenvalue weighted by Gasteiger charge is 2.58. The maximum Gasteiger partial charge on any atom is 0.217 e. The molecule has 0 aliphatic carbocycles. The van der Waals surface area contributed by atoms with Crippen LogP contribution in [0.2, 0.25) is 0 Å². The summed E-state index contributed by atoms with van der Waals surface area (Å²) in [5, 5.41) is 214. The Morgan fingerprint density at radius 1 is 0.326 bits per heavy atom. The molecule has 0 aromatic rings. The molecule has 7 aliphatic rings.